The van der Waals surface area contributed by atoms with Gasteiger partial charge in [0.15, 0.2) is 0 Å². The molecule has 8 nitrogen and oxygen atoms in total. The van der Waals surface area contributed by atoms with Gasteiger partial charge in [-0.1, -0.05) is 18.0 Å². The van der Waals surface area contributed by atoms with E-state index in [1.54, 1.807) is 18.2 Å². The zero-order valence-electron chi connectivity index (χ0n) is 12.3. The van der Waals surface area contributed by atoms with Crippen molar-refractivity contribution in [1.29, 1.82) is 0 Å². The minimum Gasteiger partial charge on any atom is -0.481 e. The Morgan fingerprint density at radius 1 is 1.26 bits per heavy atom. The number of nitrogens with one attached hydrogen (secondary N) is 1. The smallest absolute Gasteiger partial charge is 0.303 e. The quantitative estimate of drug-likeness (QED) is 0.709. The summed E-state index contributed by atoms with van der Waals surface area (Å²) in [6.45, 7) is 0.458. The number of halogens is 1. The zero-order valence-corrected chi connectivity index (χ0v) is 13.0. The van der Waals surface area contributed by atoms with E-state index in [1.807, 2.05) is 0 Å². The summed E-state index contributed by atoms with van der Waals surface area (Å²) < 4.78 is 1.39. The molecule has 23 heavy (non-hydrogen) atoms. The number of carbonyl (C=O) groups excluding carboxylic acids is 1. The largest absolute Gasteiger partial charge is 0.481 e. The number of unbranched alkanes of at least 4 members (excludes halogenated alkanes) is 2. The Morgan fingerprint density at radius 2 is 2.09 bits per heavy atom. The first-order valence-electron chi connectivity index (χ1n) is 7.11. The molecular formula is C14H16ClN5O3. The molecule has 2 rings (SSSR count). The van der Waals surface area contributed by atoms with Crippen LogP contribution in [0.4, 0.5) is 0 Å². The van der Waals surface area contributed by atoms with Gasteiger partial charge in [0.25, 0.3) is 5.91 Å². The van der Waals surface area contributed by atoms with E-state index in [-0.39, 0.29) is 12.3 Å². The zero-order chi connectivity index (χ0) is 16.7. The Kier molecular flexibility index (Phi) is 6.04. The maximum Gasteiger partial charge on any atom is 0.303 e. The van der Waals surface area contributed by atoms with E-state index >= 15 is 0 Å². The monoisotopic (exact) mass is 337 g/mol. The van der Waals surface area contributed by atoms with Crippen LogP contribution in [-0.4, -0.2) is 43.7 Å². The predicted molar refractivity (Wildman–Crippen MR) is 82.6 cm³/mol. The first kappa shape index (κ1) is 16.9. The van der Waals surface area contributed by atoms with Crippen molar-refractivity contribution in [2.24, 2.45) is 0 Å². The summed E-state index contributed by atoms with van der Waals surface area (Å²) in [5, 5.41) is 22.7. The van der Waals surface area contributed by atoms with Crippen molar-refractivity contribution < 1.29 is 14.7 Å². The maximum atomic E-state index is 12.3. The molecule has 1 heterocycles. The molecular weight excluding hydrogens is 322 g/mol. The summed E-state index contributed by atoms with van der Waals surface area (Å²) in [7, 11) is 0. The van der Waals surface area contributed by atoms with Crippen molar-refractivity contribution in [2.75, 3.05) is 6.54 Å². The van der Waals surface area contributed by atoms with E-state index in [1.165, 1.54) is 11.0 Å². The van der Waals surface area contributed by atoms with Crippen LogP contribution in [0.2, 0.25) is 5.02 Å². The van der Waals surface area contributed by atoms with E-state index < -0.39 is 5.97 Å². The number of amides is 1. The van der Waals surface area contributed by atoms with Crippen LogP contribution < -0.4 is 5.32 Å². The number of carbonyl (C=O) groups is 2. The molecule has 0 saturated carbocycles. The predicted octanol–water partition coefficient (Wildman–Crippen LogP) is 1.69. The molecule has 0 aliphatic carbocycles. The number of rotatable bonds is 8. The molecule has 0 fully saturated rings. The van der Waals surface area contributed by atoms with E-state index in [2.05, 4.69) is 20.8 Å². The highest BCUT2D eigenvalue weighted by atomic mass is 35.5. The fourth-order valence-corrected chi connectivity index (χ4v) is 2.21. The van der Waals surface area contributed by atoms with Crippen LogP contribution >= 0.6 is 11.6 Å². The molecule has 1 aromatic heterocycles. The summed E-state index contributed by atoms with van der Waals surface area (Å²) in [5.74, 6) is -1.09. The lowest BCUT2D eigenvalue weighted by atomic mass is 10.1. The van der Waals surface area contributed by atoms with E-state index in [9.17, 15) is 9.59 Å². The molecule has 0 aliphatic heterocycles. The second-order valence-electron chi connectivity index (χ2n) is 4.88. The van der Waals surface area contributed by atoms with Crippen LogP contribution in [0.1, 0.15) is 36.0 Å². The van der Waals surface area contributed by atoms with Crippen molar-refractivity contribution in [3.8, 4) is 5.69 Å². The highest BCUT2D eigenvalue weighted by Gasteiger charge is 2.14. The first-order chi connectivity index (χ1) is 11.1. The van der Waals surface area contributed by atoms with Crippen LogP contribution in [-0.2, 0) is 4.79 Å². The van der Waals surface area contributed by atoms with E-state index in [0.29, 0.717) is 35.7 Å². The Labute approximate surface area is 137 Å². The molecule has 0 atom stereocenters. The number of aliphatic carboxylic acids is 1. The maximum absolute atomic E-state index is 12.3. The van der Waals surface area contributed by atoms with Gasteiger partial charge in [-0.05, 0) is 41.5 Å². The molecule has 2 aromatic rings. The number of hydrogen-bond acceptors (Lipinski definition) is 5. The molecule has 0 bridgehead atoms. The number of aromatic nitrogens is 4. The fraction of sp³-hybridized carbons (Fsp3) is 0.357. The third-order valence-electron chi connectivity index (χ3n) is 3.15. The molecule has 0 radical (unpaired) electrons. The Balaban J connectivity index is 1.94. The minimum atomic E-state index is -0.806. The average molecular weight is 338 g/mol. The Bertz CT molecular complexity index is 675. The lowest BCUT2D eigenvalue weighted by Crippen LogP contribution is -2.26. The molecule has 0 saturated heterocycles. The van der Waals surface area contributed by atoms with Crippen molar-refractivity contribution in [3.63, 3.8) is 0 Å². The lowest BCUT2D eigenvalue weighted by molar-refractivity contribution is -0.137. The molecule has 0 aliphatic rings. The van der Waals surface area contributed by atoms with Gasteiger partial charge in [0.05, 0.1) is 11.3 Å². The SMILES string of the molecule is O=C(O)CCCCCNC(=O)c1cc(Cl)ccc1-n1cnnn1. The number of nitrogens with zero attached hydrogens (tertiary/aromatic N) is 4. The summed E-state index contributed by atoms with van der Waals surface area (Å²) in [5.41, 5.74) is 0.901. The number of carboxylic acid groups (broad SMARTS) is 1. The van der Waals surface area contributed by atoms with Gasteiger partial charge >= 0.3 is 5.97 Å². The van der Waals surface area contributed by atoms with Crippen molar-refractivity contribution in [1.82, 2.24) is 25.5 Å². The van der Waals surface area contributed by atoms with Gasteiger partial charge in [-0.3, -0.25) is 9.59 Å². The van der Waals surface area contributed by atoms with Gasteiger partial charge in [0.1, 0.15) is 6.33 Å². The number of benzene rings is 1. The van der Waals surface area contributed by atoms with Crippen molar-refractivity contribution >= 4 is 23.5 Å². The second kappa shape index (κ2) is 8.23. The molecule has 0 unspecified atom stereocenters. The van der Waals surface area contributed by atoms with Gasteiger partial charge in [0, 0.05) is 18.0 Å². The number of tetrazole rings is 1. The topological polar surface area (TPSA) is 110 Å². The van der Waals surface area contributed by atoms with Crippen LogP contribution in [0.15, 0.2) is 24.5 Å². The van der Waals surface area contributed by atoms with Gasteiger partial charge in [-0.15, -0.1) is 5.10 Å². The fourth-order valence-electron chi connectivity index (χ4n) is 2.04. The Hall–Kier alpha value is -2.48. The Morgan fingerprint density at radius 3 is 2.78 bits per heavy atom. The summed E-state index contributed by atoms with van der Waals surface area (Å²) in [4.78, 5) is 22.7. The van der Waals surface area contributed by atoms with Gasteiger partial charge in [0.2, 0.25) is 0 Å². The van der Waals surface area contributed by atoms with Gasteiger partial charge < -0.3 is 10.4 Å². The van der Waals surface area contributed by atoms with Crippen LogP contribution in [0, 0.1) is 0 Å². The standard InChI is InChI=1S/C14H16ClN5O3/c15-10-5-6-12(20-9-17-18-19-20)11(8-10)14(23)16-7-3-1-2-4-13(21)22/h5-6,8-9H,1-4,7H2,(H,16,23)(H,21,22). The van der Waals surface area contributed by atoms with Gasteiger partial charge in [-0.25, -0.2) is 0 Å². The third-order valence-corrected chi connectivity index (χ3v) is 3.39. The molecule has 1 amide bonds. The molecule has 122 valence electrons. The van der Waals surface area contributed by atoms with Crippen molar-refractivity contribution in [2.45, 2.75) is 25.7 Å². The van der Waals surface area contributed by atoms with Crippen LogP contribution in [0.5, 0.6) is 0 Å². The molecule has 2 N–H and O–H groups in total. The molecule has 9 heteroatoms. The van der Waals surface area contributed by atoms with Gasteiger partial charge in [-0.2, -0.15) is 4.68 Å². The summed E-state index contributed by atoms with van der Waals surface area (Å²) in [6.07, 6.45) is 3.58. The highest BCUT2D eigenvalue weighted by molar-refractivity contribution is 6.31. The third kappa shape index (κ3) is 5.03. The van der Waals surface area contributed by atoms with Crippen LogP contribution in [0.25, 0.3) is 5.69 Å². The normalized spacial score (nSPS) is 10.5. The second-order valence-corrected chi connectivity index (χ2v) is 5.31. The van der Waals surface area contributed by atoms with Crippen molar-refractivity contribution in [3.05, 3.63) is 35.1 Å². The lowest BCUT2D eigenvalue weighted by Gasteiger charge is -2.10. The van der Waals surface area contributed by atoms with Crippen LogP contribution in [0.3, 0.4) is 0 Å². The summed E-state index contributed by atoms with van der Waals surface area (Å²) in [6, 6.07) is 4.88. The highest BCUT2D eigenvalue weighted by Crippen LogP contribution is 2.18. The average Bonchev–Trinajstić information content (AvgIpc) is 3.04. The number of hydrogen-bond donors (Lipinski definition) is 2. The number of carboxylic acids is 1. The first-order valence-corrected chi connectivity index (χ1v) is 7.48. The molecule has 0 spiro atoms. The summed E-state index contributed by atoms with van der Waals surface area (Å²) >= 11 is 5.96. The van der Waals surface area contributed by atoms with E-state index in [4.69, 9.17) is 16.7 Å². The minimum absolute atomic E-state index is 0.145. The molecule has 1 aromatic carbocycles. The van der Waals surface area contributed by atoms with E-state index in [0.717, 1.165) is 6.42 Å².